The number of rotatable bonds is 3. The Morgan fingerprint density at radius 3 is 2.94 bits per heavy atom. The van der Waals surface area contributed by atoms with Gasteiger partial charge < -0.3 is 10.3 Å². The number of nitrogens with zero attached hydrogens (tertiary/aromatic N) is 1. The van der Waals surface area contributed by atoms with E-state index in [1.807, 2.05) is 7.05 Å². The third-order valence-corrected chi connectivity index (χ3v) is 2.64. The molecule has 0 fully saturated rings. The van der Waals surface area contributed by atoms with Gasteiger partial charge in [-0.1, -0.05) is 0 Å². The van der Waals surface area contributed by atoms with Gasteiger partial charge in [0.2, 0.25) is 0 Å². The highest BCUT2D eigenvalue weighted by molar-refractivity contribution is 5.76. The van der Waals surface area contributed by atoms with E-state index in [0.29, 0.717) is 29.7 Å². The van der Waals surface area contributed by atoms with Crippen molar-refractivity contribution in [1.29, 1.82) is 0 Å². The molecule has 5 heteroatoms. The first-order chi connectivity index (χ1) is 7.63. The molecule has 0 aliphatic carbocycles. The van der Waals surface area contributed by atoms with Crippen LogP contribution in [-0.2, 0) is 6.54 Å². The SMILES string of the molecule is CNCCn1c(=O)[nH]c2cc(C)c(F)cc21. The van der Waals surface area contributed by atoms with Crippen LogP contribution in [0.2, 0.25) is 0 Å². The van der Waals surface area contributed by atoms with Crippen LogP contribution < -0.4 is 11.0 Å². The number of imidazole rings is 1. The molecular weight excluding hydrogens is 209 g/mol. The van der Waals surface area contributed by atoms with Crippen LogP contribution in [-0.4, -0.2) is 23.1 Å². The van der Waals surface area contributed by atoms with Crippen molar-refractivity contribution in [2.45, 2.75) is 13.5 Å². The third-order valence-electron chi connectivity index (χ3n) is 2.64. The maximum absolute atomic E-state index is 13.4. The van der Waals surface area contributed by atoms with E-state index in [1.165, 1.54) is 10.6 Å². The lowest BCUT2D eigenvalue weighted by Gasteiger charge is -2.03. The lowest BCUT2D eigenvalue weighted by atomic mass is 10.2. The summed E-state index contributed by atoms with van der Waals surface area (Å²) in [4.78, 5) is 14.3. The zero-order chi connectivity index (χ0) is 11.7. The number of hydrogen-bond acceptors (Lipinski definition) is 2. The number of benzene rings is 1. The van der Waals surface area contributed by atoms with E-state index in [4.69, 9.17) is 0 Å². The normalized spacial score (nSPS) is 11.2. The number of aromatic amines is 1. The molecule has 0 spiro atoms. The van der Waals surface area contributed by atoms with Gasteiger partial charge >= 0.3 is 5.69 Å². The standard InChI is InChI=1S/C11H14FN3O/c1-7-5-9-10(6-8(7)12)15(4-3-13-2)11(16)14-9/h5-6,13H,3-4H2,1-2H3,(H,14,16). The van der Waals surface area contributed by atoms with Gasteiger partial charge in [0.15, 0.2) is 0 Å². The van der Waals surface area contributed by atoms with Crippen molar-refractivity contribution in [3.63, 3.8) is 0 Å². The summed E-state index contributed by atoms with van der Waals surface area (Å²) >= 11 is 0. The maximum atomic E-state index is 13.4. The van der Waals surface area contributed by atoms with Gasteiger partial charge in [0, 0.05) is 19.2 Å². The number of hydrogen-bond donors (Lipinski definition) is 2. The lowest BCUT2D eigenvalue weighted by Crippen LogP contribution is -2.23. The summed E-state index contributed by atoms with van der Waals surface area (Å²) in [5.41, 5.74) is 1.63. The summed E-state index contributed by atoms with van der Waals surface area (Å²) in [6.07, 6.45) is 0. The zero-order valence-corrected chi connectivity index (χ0v) is 9.30. The minimum atomic E-state index is -0.287. The molecule has 0 amide bonds. The number of aromatic nitrogens is 2. The first-order valence-corrected chi connectivity index (χ1v) is 5.16. The van der Waals surface area contributed by atoms with Crippen molar-refractivity contribution >= 4 is 11.0 Å². The van der Waals surface area contributed by atoms with Crippen LogP contribution in [0.1, 0.15) is 5.56 Å². The van der Waals surface area contributed by atoms with Crippen molar-refractivity contribution in [3.05, 3.63) is 34.0 Å². The minimum absolute atomic E-state index is 0.199. The van der Waals surface area contributed by atoms with Gasteiger partial charge in [-0.25, -0.2) is 9.18 Å². The van der Waals surface area contributed by atoms with Gasteiger partial charge in [-0.05, 0) is 25.6 Å². The van der Waals surface area contributed by atoms with E-state index in [-0.39, 0.29) is 11.5 Å². The number of H-pyrrole nitrogens is 1. The van der Waals surface area contributed by atoms with Crippen LogP contribution in [0.4, 0.5) is 4.39 Å². The van der Waals surface area contributed by atoms with Gasteiger partial charge in [-0.15, -0.1) is 0 Å². The molecule has 1 heterocycles. The van der Waals surface area contributed by atoms with Crippen molar-refractivity contribution in [2.75, 3.05) is 13.6 Å². The largest absolute Gasteiger partial charge is 0.326 e. The molecule has 2 aromatic rings. The lowest BCUT2D eigenvalue weighted by molar-refractivity contribution is 0.615. The van der Waals surface area contributed by atoms with E-state index >= 15 is 0 Å². The third kappa shape index (κ3) is 1.74. The monoisotopic (exact) mass is 223 g/mol. The number of halogens is 1. The number of fused-ring (bicyclic) bond motifs is 1. The molecule has 1 aromatic carbocycles. The minimum Gasteiger partial charge on any atom is -0.318 e. The van der Waals surface area contributed by atoms with Crippen LogP contribution in [0.15, 0.2) is 16.9 Å². The molecule has 0 saturated heterocycles. The Morgan fingerprint density at radius 1 is 1.50 bits per heavy atom. The Hall–Kier alpha value is -1.62. The quantitative estimate of drug-likeness (QED) is 0.815. The molecule has 0 bridgehead atoms. The highest BCUT2D eigenvalue weighted by Crippen LogP contribution is 2.15. The molecule has 16 heavy (non-hydrogen) atoms. The summed E-state index contributed by atoms with van der Waals surface area (Å²) in [6.45, 7) is 2.87. The van der Waals surface area contributed by atoms with Gasteiger partial charge in [0.05, 0.1) is 11.0 Å². The smallest absolute Gasteiger partial charge is 0.318 e. The van der Waals surface area contributed by atoms with Gasteiger partial charge in [-0.3, -0.25) is 4.57 Å². The molecule has 0 aliphatic rings. The average molecular weight is 223 g/mol. The molecule has 2 rings (SSSR count). The Balaban J connectivity index is 2.60. The van der Waals surface area contributed by atoms with Gasteiger partial charge in [-0.2, -0.15) is 0 Å². The summed E-state index contributed by atoms with van der Waals surface area (Å²) in [5.74, 6) is -0.287. The molecule has 1 aromatic heterocycles. The molecule has 0 atom stereocenters. The Morgan fingerprint density at radius 2 is 2.25 bits per heavy atom. The summed E-state index contributed by atoms with van der Waals surface area (Å²) < 4.78 is 15.0. The van der Waals surface area contributed by atoms with E-state index in [2.05, 4.69) is 10.3 Å². The van der Waals surface area contributed by atoms with E-state index in [0.717, 1.165) is 0 Å². The highest BCUT2D eigenvalue weighted by atomic mass is 19.1. The topological polar surface area (TPSA) is 49.8 Å². The fourth-order valence-electron chi connectivity index (χ4n) is 1.73. The molecule has 0 saturated carbocycles. The summed E-state index contributed by atoms with van der Waals surface area (Å²) in [5, 5.41) is 2.96. The second-order valence-electron chi connectivity index (χ2n) is 3.80. The molecule has 0 aliphatic heterocycles. The molecule has 86 valence electrons. The van der Waals surface area contributed by atoms with E-state index in [9.17, 15) is 9.18 Å². The van der Waals surface area contributed by atoms with Crippen molar-refractivity contribution in [2.24, 2.45) is 0 Å². The number of nitrogens with one attached hydrogen (secondary N) is 2. The molecule has 4 nitrogen and oxygen atoms in total. The van der Waals surface area contributed by atoms with Gasteiger partial charge in [0.25, 0.3) is 0 Å². The molecule has 0 radical (unpaired) electrons. The van der Waals surface area contributed by atoms with Crippen LogP contribution in [0.25, 0.3) is 11.0 Å². The Labute approximate surface area is 92.1 Å². The number of aryl methyl sites for hydroxylation is 1. The predicted octanol–water partition coefficient (Wildman–Crippen LogP) is 0.997. The maximum Gasteiger partial charge on any atom is 0.326 e. The first kappa shape index (κ1) is 10.9. The van der Waals surface area contributed by atoms with Crippen molar-refractivity contribution < 1.29 is 4.39 Å². The summed E-state index contributed by atoms with van der Waals surface area (Å²) in [7, 11) is 1.81. The van der Waals surface area contributed by atoms with E-state index in [1.54, 1.807) is 13.0 Å². The molecule has 2 N–H and O–H groups in total. The molecular formula is C11H14FN3O. The highest BCUT2D eigenvalue weighted by Gasteiger charge is 2.08. The van der Waals surface area contributed by atoms with Crippen LogP contribution in [0.3, 0.4) is 0 Å². The fraction of sp³-hybridized carbons (Fsp3) is 0.364. The zero-order valence-electron chi connectivity index (χ0n) is 9.30. The van der Waals surface area contributed by atoms with Crippen LogP contribution >= 0.6 is 0 Å². The second-order valence-corrected chi connectivity index (χ2v) is 3.80. The number of likely N-dealkylation sites (N-methyl/N-ethyl adjacent to an activating group) is 1. The Bertz CT molecular complexity index is 570. The predicted molar refractivity (Wildman–Crippen MR) is 61.2 cm³/mol. The van der Waals surface area contributed by atoms with Gasteiger partial charge in [0.1, 0.15) is 5.82 Å². The fourth-order valence-corrected chi connectivity index (χ4v) is 1.73. The van der Waals surface area contributed by atoms with E-state index < -0.39 is 0 Å². The van der Waals surface area contributed by atoms with Crippen LogP contribution in [0.5, 0.6) is 0 Å². The first-order valence-electron chi connectivity index (χ1n) is 5.16. The van der Waals surface area contributed by atoms with Crippen molar-refractivity contribution in [3.8, 4) is 0 Å². The van der Waals surface area contributed by atoms with Crippen molar-refractivity contribution in [1.82, 2.24) is 14.9 Å². The van der Waals surface area contributed by atoms with Crippen LogP contribution in [0, 0.1) is 12.7 Å². The molecule has 0 unspecified atom stereocenters. The average Bonchev–Trinajstić information content (AvgIpc) is 2.52. The summed E-state index contributed by atoms with van der Waals surface area (Å²) in [6, 6.07) is 3.06. The second kappa shape index (κ2) is 4.09. The Kier molecular flexibility index (Phi) is 2.78.